The number of carbonyl (C=O) groups is 2. The van der Waals surface area contributed by atoms with Crippen molar-refractivity contribution in [2.75, 3.05) is 25.2 Å². The van der Waals surface area contributed by atoms with Crippen molar-refractivity contribution >= 4 is 40.9 Å². The van der Waals surface area contributed by atoms with Crippen LogP contribution in [0.5, 0.6) is 5.75 Å². The van der Waals surface area contributed by atoms with Crippen molar-refractivity contribution in [2.24, 2.45) is 7.05 Å². The van der Waals surface area contributed by atoms with E-state index >= 15 is 0 Å². The van der Waals surface area contributed by atoms with Crippen molar-refractivity contribution in [3.8, 4) is 28.8 Å². The largest absolute Gasteiger partial charge is 0.507 e. The fraction of sp³-hybridized carbons (Fsp3) is 0.231. The smallest absolute Gasteiger partial charge is 0.248 e. The first-order valence-corrected chi connectivity index (χ1v) is 17.5. The summed E-state index contributed by atoms with van der Waals surface area (Å²) in [5.41, 5.74) is 6.49. The van der Waals surface area contributed by atoms with E-state index in [9.17, 15) is 14.7 Å². The number of hydrogen-bond donors (Lipinski definition) is 2. The maximum Gasteiger partial charge on any atom is 0.248 e. The Morgan fingerprint density at radius 1 is 1.00 bits per heavy atom. The van der Waals surface area contributed by atoms with Crippen LogP contribution in [0.15, 0.2) is 91.1 Å². The summed E-state index contributed by atoms with van der Waals surface area (Å²) < 4.78 is 1.63. The summed E-state index contributed by atoms with van der Waals surface area (Å²) in [6.45, 7) is 3.87. The van der Waals surface area contributed by atoms with Crippen LogP contribution in [0, 0.1) is 25.7 Å². The van der Waals surface area contributed by atoms with Crippen molar-refractivity contribution < 1.29 is 14.7 Å². The van der Waals surface area contributed by atoms with Gasteiger partial charge in [-0.05, 0) is 93.7 Å². The maximum atomic E-state index is 14.5. The van der Waals surface area contributed by atoms with Gasteiger partial charge in [0.15, 0.2) is 0 Å². The first-order valence-electron chi connectivity index (χ1n) is 16.0. The zero-order valence-electron chi connectivity index (χ0n) is 28.4. The molecule has 2 aromatic heterocycles. The molecule has 6 rings (SSSR count). The lowest BCUT2D eigenvalue weighted by Gasteiger charge is -2.35. The minimum Gasteiger partial charge on any atom is -0.507 e. The Kier molecular flexibility index (Phi) is 10.3. The standard InChI is InChI=1S/C39H37ClN6O3S/c1-24-19-29(20-25(2)41-24)39-46(38(49)36(44(3)4)27-9-7-6-8-10-27)33(23-50-39)37(48)42-31-16-12-26(13-17-31)11-14-28-22-45(5)43-35(28)32-21-30(40)15-18-34(32)47/h6-10,12-13,15-22,33,36,39,47H,23H2,1-5H3,(H,42,48)/t33-,36+,39?/m0/s1. The normalized spacial score (nSPS) is 16.2. The zero-order chi connectivity index (χ0) is 35.5. The first kappa shape index (κ1) is 34.8. The second-order valence-corrected chi connectivity index (χ2v) is 14.0. The van der Waals surface area contributed by atoms with Crippen LogP contribution in [0.2, 0.25) is 5.02 Å². The maximum absolute atomic E-state index is 14.5. The third-order valence-corrected chi connectivity index (χ3v) is 9.91. The molecule has 2 amide bonds. The molecule has 3 aromatic carbocycles. The second-order valence-electron chi connectivity index (χ2n) is 12.5. The molecule has 254 valence electrons. The number of amides is 2. The van der Waals surface area contributed by atoms with Gasteiger partial charge in [-0.3, -0.25) is 24.2 Å². The number of likely N-dealkylation sites (N-methyl/N-ethyl adjacent to an activating group) is 1. The second kappa shape index (κ2) is 14.8. The number of phenols is 1. The SMILES string of the molecule is Cc1cc(C2SC[C@@H](C(=O)Nc3ccc(C#Cc4cn(C)nc4-c4cc(Cl)ccc4O)cc3)N2C(=O)[C@@H](c2ccccc2)N(C)C)cc(C)n1. The predicted molar refractivity (Wildman–Crippen MR) is 199 cm³/mol. The summed E-state index contributed by atoms with van der Waals surface area (Å²) in [6.07, 6.45) is 1.78. The van der Waals surface area contributed by atoms with Gasteiger partial charge in [-0.25, -0.2) is 0 Å². The number of nitrogens with one attached hydrogen (secondary N) is 1. The van der Waals surface area contributed by atoms with Crippen LogP contribution in [0.3, 0.4) is 0 Å². The number of aromatic nitrogens is 3. The summed E-state index contributed by atoms with van der Waals surface area (Å²) in [5, 5.41) is 18.1. The van der Waals surface area contributed by atoms with Crippen molar-refractivity contribution in [3.63, 3.8) is 0 Å². The third kappa shape index (κ3) is 7.55. The molecule has 0 aliphatic carbocycles. The molecule has 9 nitrogen and oxygen atoms in total. The fourth-order valence-corrected chi connectivity index (χ4v) is 7.75. The zero-order valence-corrected chi connectivity index (χ0v) is 30.0. The highest BCUT2D eigenvalue weighted by Crippen LogP contribution is 2.44. The third-order valence-electron chi connectivity index (χ3n) is 8.35. The molecular formula is C39H37ClN6O3S. The molecule has 5 aromatic rings. The van der Waals surface area contributed by atoms with Crippen molar-refractivity contribution in [1.29, 1.82) is 0 Å². The van der Waals surface area contributed by atoms with Gasteiger partial charge >= 0.3 is 0 Å². The van der Waals surface area contributed by atoms with Crippen LogP contribution < -0.4 is 5.32 Å². The topological polar surface area (TPSA) is 104 Å². The Bertz CT molecular complexity index is 2090. The molecule has 1 unspecified atom stereocenters. The molecule has 0 bridgehead atoms. The van der Waals surface area contributed by atoms with E-state index in [0.717, 1.165) is 28.1 Å². The van der Waals surface area contributed by atoms with Gasteiger partial charge in [0.25, 0.3) is 0 Å². The molecule has 11 heteroatoms. The average molecular weight is 705 g/mol. The fourth-order valence-electron chi connectivity index (χ4n) is 6.16. The molecule has 1 fully saturated rings. The number of anilines is 1. The van der Waals surface area contributed by atoms with E-state index in [1.165, 1.54) is 6.07 Å². The summed E-state index contributed by atoms with van der Waals surface area (Å²) >= 11 is 7.76. The molecule has 3 atom stereocenters. The molecule has 2 N–H and O–H groups in total. The lowest BCUT2D eigenvalue weighted by atomic mass is 10.0. The van der Waals surface area contributed by atoms with Gasteiger partial charge in [-0.1, -0.05) is 53.8 Å². The Morgan fingerprint density at radius 2 is 1.70 bits per heavy atom. The van der Waals surface area contributed by atoms with Crippen molar-refractivity contribution in [1.82, 2.24) is 24.6 Å². The molecule has 0 spiro atoms. The van der Waals surface area contributed by atoms with Crippen molar-refractivity contribution in [3.05, 3.63) is 130 Å². The van der Waals surface area contributed by atoms with Gasteiger partial charge in [0.05, 0.1) is 5.56 Å². The van der Waals surface area contributed by atoms with E-state index in [0.29, 0.717) is 33.3 Å². The Balaban J connectivity index is 1.24. The molecule has 0 radical (unpaired) electrons. The van der Waals surface area contributed by atoms with Gasteiger partial charge in [0.1, 0.15) is 28.9 Å². The van der Waals surface area contributed by atoms with Gasteiger partial charge in [-0.15, -0.1) is 11.8 Å². The van der Waals surface area contributed by atoms with E-state index < -0.39 is 12.1 Å². The summed E-state index contributed by atoms with van der Waals surface area (Å²) in [4.78, 5) is 36.7. The van der Waals surface area contributed by atoms with Gasteiger partial charge in [0.2, 0.25) is 11.8 Å². The molecule has 50 heavy (non-hydrogen) atoms. The molecule has 1 aliphatic heterocycles. The van der Waals surface area contributed by atoms with Gasteiger partial charge < -0.3 is 15.3 Å². The van der Waals surface area contributed by atoms with E-state index in [1.54, 1.807) is 58.9 Å². The number of nitrogens with zero attached hydrogens (tertiary/aromatic N) is 5. The average Bonchev–Trinajstić information content (AvgIpc) is 3.69. The van der Waals surface area contributed by atoms with Gasteiger partial charge in [0, 0.05) is 52.2 Å². The monoisotopic (exact) mass is 704 g/mol. The van der Waals surface area contributed by atoms with E-state index in [4.69, 9.17) is 11.6 Å². The molecular weight excluding hydrogens is 668 g/mol. The lowest BCUT2D eigenvalue weighted by molar-refractivity contribution is -0.142. The Hall–Kier alpha value is -5.08. The van der Waals surface area contributed by atoms with Crippen LogP contribution in [0.1, 0.15) is 45.1 Å². The molecule has 0 saturated carbocycles. The van der Waals surface area contributed by atoms with E-state index in [-0.39, 0.29) is 22.9 Å². The number of pyridine rings is 1. The highest BCUT2D eigenvalue weighted by molar-refractivity contribution is 7.99. The van der Waals surface area contributed by atoms with Crippen LogP contribution in [0.25, 0.3) is 11.3 Å². The number of phenolic OH excluding ortho intramolecular Hbond substituents is 1. The summed E-state index contributed by atoms with van der Waals surface area (Å²) in [6, 6.07) is 24.4. The number of hydrogen-bond acceptors (Lipinski definition) is 7. The van der Waals surface area contributed by atoms with Crippen LogP contribution in [-0.4, -0.2) is 67.4 Å². The van der Waals surface area contributed by atoms with Crippen LogP contribution in [0.4, 0.5) is 5.69 Å². The molecule has 1 saturated heterocycles. The number of halogens is 1. The Labute approximate surface area is 301 Å². The number of carbonyl (C=O) groups excluding carboxylic acids is 2. The Morgan fingerprint density at radius 3 is 2.38 bits per heavy atom. The number of benzene rings is 3. The van der Waals surface area contributed by atoms with E-state index in [1.807, 2.05) is 87.4 Å². The predicted octanol–water partition coefficient (Wildman–Crippen LogP) is 6.74. The quantitative estimate of drug-likeness (QED) is 0.181. The number of thioether (sulfide) groups is 1. The molecule has 1 aliphatic rings. The molecule has 3 heterocycles. The highest BCUT2D eigenvalue weighted by Gasteiger charge is 2.45. The van der Waals surface area contributed by atoms with Gasteiger partial charge in [-0.2, -0.15) is 5.10 Å². The number of aryl methyl sites for hydroxylation is 3. The van der Waals surface area contributed by atoms with Crippen molar-refractivity contribution in [2.45, 2.75) is 31.3 Å². The lowest BCUT2D eigenvalue weighted by Crippen LogP contribution is -2.49. The minimum atomic E-state index is -0.705. The minimum absolute atomic E-state index is 0.0619. The van der Waals surface area contributed by atoms with E-state index in [2.05, 4.69) is 27.2 Å². The summed E-state index contributed by atoms with van der Waals surface area (Å²) in [7, 11) is 5.55. The summed E-state index contributed by atoms with van der Waals surface area (Å²) in [5.74, 6) is 6.40. The first-order chi connectivity index (χ1) is 24.0. The van der Waals surface area contributed by atoms with Crippen LogP contribution >= 0.6 is 23.4 Å². The number of aromatic hydroxyl groups is 1. The van der Waals surface area contributed by atoms with Crippen LogP contribution in [-0.2, 0) is 16.6 Å². The highest BCUT2D eigenvalue weighted by atomic mass is 35.5. The number of rotatable bonds is 7.